The zero-order chi connectivity index (χ0) is 28.4. The molecule has 10 heteroatoms. The van der Waals surface area contributed by atoms with Gasteiger partial charge in [-0.05, 0) is 52.5 Å². The molecule has 2 aliphatic rings. The van der Waals surface area contributed by atoms with Gasteiger partial charge in [0.25, 0.3) is 0 Å². The lowest BCUT2D eigenvalue weighted by atomic mass is 9.93. The molecule has 0 radical (unpaired) electrons. The number of amides is 2. The molecule has 1 saturated heterocycles. The Bertz CT molecular complexity index is 1060. The first-order valence-electron chi connectivity index (χ1n) is 13.9. The minimum Gasteiger partial charge on any atom is -0.496 e. The van der Waals surface area contributed by atoms with E-state index < -0.39 is 5.97 Å². The minimum atomic E-state index is -0.455. The van der Waals surface area contributed by atoms with Crippen molar-refractivity contribution in [1.29, 1.82) is 0 Å². The van der Waals surface area contributed by atoms with Crippen molar-refractivity contribution in [3.8, 4) is 5.75 Å². The molecule has 0 unspecified atom stereocenters. The number of allylic oxidation sites excluding steroid dienone is 2. The number of cyclic esters (lactones) is 1. The largest absolute Gasteiger partial charge is 0.496 e. The summed E-state index contributed by atoms with van der Waals surface area (Å²) in [7, 11) is 1.58. The Morgan fingerprint density at radius 3 is 2.54 bits per heavy atom. The van der Waals surface area contributed by atoms with Crippen LogP contribution < -0.4 is 10.1 Å². The number of urea groups is 1. The zero-order valence-corrected chi connectivity index (χ0v) is 24.0. The fourth-order valence-electron chi connectivity index (χ4n) is 4.94. The van der Waals surface area contributed by atoms with E-state index in [-0.39, 0.29) is 25.0 Å². The maximum Gasteiger partial charge on any atom is 0.341 e. The number of hydrogen-bond donors (Lipinski definition) is 1. The van der Waals surface area contributed by atoms with Gasteiger partial charge in [-0.2, -0.15) is 0 Å². The molecule has 0 aliphatic carbocycles. The van der Waals surface area contributed by atoms with Crippen LogP contribution in [0.25, 0.3) is 0 Å². The van der Waals surface area contributed by atoms with Crippen LogP contribution in [0.5, 0.6) is 5.75 Å². The Hall–Kier alpha value is -3.11. The van der Waals surface area contributed by atoms with E-state index in [0.717, 1.165) is 56.0 Å². The molecule has 0 bridgehead atoms. The summed E-state index contributed by atoms with van der Waals surface area (Å²) >= 11 is 0. The highest BCUT2D eigenvalue weighted by Crippen LogP contribution is 2.41. The lowest BCUT2D eigenvalue weighted by Crippen LogP contribution is -2.37. The van der Waals surface area contributed by atoms with E-state index in [4.69, 9.17) is 18.9 Å². The fourth-order valence-corrected chi connectivity index (χ4v) is 4.94. The number of esters is 2. The highest BCUT2D eigenvalue weighted by Gasteiger charge is 2.33. The van der Waals surface area contributed by atoms with Crippen molar-refractivity contribution in [2.24, 2.45) is 0 Å². The first kappa shape index (κ1) is 30.4. The Morgan fingerprint density at radius 1 is 1.15 bits per heavy atom. The number of carbonyl (C=O) groups excluding carboxylic acids is 3. The molecule has 1 aromatic carbocycles. The van der Waals surface area contributed by atoms with Gasteiger partial charge in [0.05, 0.1) is 38.2 Å². The van der Waals surface area contributed by atoms with Gasteiger partial charge in [-0.15, -0.1) is 0 Å². The van der Waals surface area contributed by atoms with Crippen molar-refractivity contribution in [2.75, 3.05) is 65.0 Å². The quantitative estimate of drug-likeness (QED) is 0.225. The Kier molecular flexibility index (Phi) is 11.6. The highest BCUT2D eigenvalue weighted by molar-refractivity contribution is 6.05. The van der Waals surface area contributed by atoms with E-state index in [1.54, 1.807) is 12.0 Å². The third kappa shape index (κ3) is 7.95. The summed E-state index contributed by atoms with van der Waals surface area (Å²) in [6.07, 6.45) is 4.07. The summed E-state index contributed by atoms with van der Waals surface area (Å²) in [6, 6.07) is -0.286. The molecule has 0 spiro atoms. The highest BCUT2D eigenvalue weighted by atomic mass is 16.5. The van der Waals surface area contributed by atoms with Crippen LogP contribution in [0.4, 0.5) is 10.5 Å². The average molecular weight is 546 g/mol. The number of nitrogens with one attached hydrogen (secondary N) is 1. The third-order valence-electron chi connectivity index (χ3n) is 7.32. The number of benzene rings is 1. The van der Waals surface area contributed by atoms with E-state index >= 15 is 0 Å². The molecule has 2 heterocycles. The summed E-state index contributed by atoms with van der Waals surface area (Å²) in [4.78, 5) is 41.9. The van der Waals surface area contributed by atoms with Crippen LogP contribution >= 0.6 is 0 Å². The summed E-state index contributed by atoms with van der Waals surface area (Å²) in [6.45, 7) is 13.6. The molecule has 0 aromatic heterocycles. The van der Waals surface area contributed by atoms with E-state index in [2.05, 4.69) is 10.2 Å². The van der Waals surface area contributed by atoms with Crippen molar-refractivity contribution in [1.82, 2.24) is 9.80 Å². The molecule has 0 saturated carbocycles. The van der Waals surface area contributed by atoms with Gasteiger partial charge in [0, 0.05) is 50.3 Å². The molecule has 2 amide bonds. The number of ether oxygens (including phenoxy) is 4. The van der Waals surface area contributed by atoms with Gasteiger partial charge in [0.15, 0.2) is 0 Å². The van der Waals surface area contributed by atoms with E-state index in [1.165, 1.54) is 0 Å². The smallest absolute Gasteiger partial charge is 0.341 e. The predicted octanol–water partition coefficient (Wildman–Crippen LogP) is 4.08. The van der Waals surface area contributed by atoms with Crippen molar-refractivity contribution in [3.63, 3.8) is 0 Å². The van der Waals surface area contributed by atoms with Crippen LogP contribution in [0.3, 0.4) is 0 Å². The van der Waals surface area contributed by atoms with Gasteiger partial charge in [0.2, 0.25) is 0 Å². The van der Waals surface area contributed by atoms with Crippen molar-refractivity contribution in [3.05, 3.63) is 33.9 Å². The summed E-state index contributed by atoms with van der Waals surface area (Å²) in [5.41, 5.74) is 4.07. The second-order valence-corrected chi connectivity index (χ2v) is 9.83. The molecule has 1 aromatic rings. The van der Waals surface area contributed by atoms with Crippen LogP contribution in [-0.4, -0.2) is 87.4 Å². The molecule has 3 rings (SSSR count). The van der Waals surface area contributed by atoms with E-state index in [0.29, 0.717) is 55.1 Å². The Balaban J connectivity index is 1.66. The Morgan fingerprint density at radius 2 is 1.87 bits per heavy atom. The van der Waals surface area contributed by atoms with Crippen LogP contribution in [0, 0.1) is 6.92 Å². The number of methoxy groups -OCH3 is 1. The topological polar surface area (TPSA) is 107 Å². The van der Waals surface area contributed by atoms with Gasteiger partial charge < -0.3 is 29.2 Å². The number of anilines is 1. The maximum atomic E-state index is 13.0. The minimum absolute atomic E-state index is 0.147. The van der Waals surface area contributed by atoms with Gasteiger partial charge in [-0.3, -0.25) is 9.69 Å². The number of hydrogen-bond acceptors (Lipinski definition) is 8. The first-order chi connectivity index (χ1) is 18.8. The summed E-state index contributed by atoms with van der Waals surface area (Å²) in [5.74, 6) is -0.0554. The van der Waals surface area contributed by atoms with Crippen molar-refractivity contribution < 1.29 is 33.3 Å². The van der Waals surface area contributed by atoms with Crippen molar-refractivity contribution >= 4 is 23.7 Å². The number of fused-ring (bicyclic) bond motifs is 1. The standard InChI is InChI=1S/C29H43N3O7/c1-6-32(7-2)29(35)30-26-22(27(36-5)21(4)23-19-39-28(34)25(23)26)11-9-20(3)10-12-24(33)38-16-8-13-31-14-17-37-18-15-31/h9H,6-8,10-19H2,1-5H3,(H,30,35). The predicted molar refractivity (Wildman–Crippen MR) is 148 cm³/mol. The van der Waals surface area contributed by atoms with Gasteiger partial charge in [-0.1, -0.05) is 11.6 Å². The lowest BCUT2D eigenvalue weighted by Gasteiger charge is -2.26. The van der Waals surface area contributed by atoms with Gasteiger partial charge in [-0.25, -0.2) is 9.59 Å². The average Bonchev–Trinajstić information content (AvgIpc) is 3.33. The van der Waals surface area contributed by atoms with E-state index in [1.807, 2.05) is 33.8 Å². The molecular weight excluding hydrogens is 502 g/mol. The number of carbonyl (C=O) groups is 3. The van der Waals surface area contributed by atoms with Crippen molar-refractivity contribution in [2.45, 2.75) is 60.0 Å². The first-order valence-corrected chi connectivity index (χ1v) is 13.9. The molecule has 1 N–H and O–H groups in total. The number of morpholine rings is 1. The molecule has 39 heavy (non-hydrogen) atoms. The maximum absolute atomic E-state index is 13.0. The van der Waals surface area contributed by atoms with E-state index in [9.17, 15) is 14.4 Å². The summed E-state index contributed by atoms with van der Waals surface area (Å²) in [5, 5.41) is 2.96. The molecule has 0 atom stereocenters. The normalized spacial score (nSPS) is 15.5. The zero-order valence-electron chi connectivity index (χ0n) is 24.0. The second kappa shape index (κ2) is 14.9. The molecule has 10 nitrogen and oxygen atoms in total. The SMILES string of the molecule is CCN(CC)C(=O)Nc1c(CC=C(C)CCC(=O)OCCCN2CCOCC2)c(OC)c(C)c2c1C(=O)OC2. The number of rotatable bonds is 13. The molecule has 2 aliphatic heterocycles. The molecule has 216 valence electrons. The van der Waals surface area contributed by atoms with Gasteiger partial charge in [0.1, 0.15) is 12.4 Å². The fraction of sp³-hybridized carbons (Fsp3) is 0.621. The third-order valence-corrected chi connectivity index (χ3v) is 7.32. The Labute approximate surface area is 231 Å². The number of nitrogens with zero attached hydrogens (tertiary/aromatic N) is 2. The van der Waals surface area contributed by atoms with Crippen LogP contribution in [0.1, 0.15) is 67.1 Å². The summed E-state index contributed by atoms with van der Waals surface area (Å²) < 4.78 is 21.9. The monoisotopic (exact) mass is 545 g/mol. The lowest BCUT2D eigenvalue weighted by molar-refractivity contribution is -0.143. The van der Waals surface area contributed by atoms with Crippen LogP contribution in [-0.2, 0) is 32.0 Å². The van der Waals surface area contributed by atoms with Crippen LogP contribution in [0.2, 0.25) is 0 Å². The molecule has 1 fully saturated rings. The second-order valence-electron chi connectivity index (χ2n) is 9.83. The van der Waals surface area contributed by atoms with Crippen LogP contribution in [0.15, 0.2) is 11.6 Å². The van der Waals surface area contributed by atoms with Gasteiger partial charge >= 0.3 is 18.0 Å². The molecular formula is C29H43N3O7.